The summed E-state index contributed by atoms with van der Waals surface area (Å²) in [6.07, 6.45) is 4.79. The van der Waals surface area contributed by atoms with Gasteiger partial charge in [0.15, 0.2) is 0 Å². The van der Waals surface area contributed by atoms with E-state index in [1.54, 1.807) is 36.4 Å². The smallest absolute Gasteiger partial charge is 0.261 e. The van der Waals surface area contributed by atoms with E-state index in [9.17, 15) is 14.7 Å². The van der Waals surface area contributed by atoms with E-state index in [0.29, 0.717) is 17.5 Å². The quantitative estimate of drug-likeness (QED) is 0.299. The Morgan fingerprint density at radius 1 is 0.750 bits per heavy atom. The Bertz CT molecular complexity index is 1310. The number of carbonyl (C=O) groups is 2. The number of fused-ring (bicyclic) bond motifs is 2. The van der Waals surface area contributed by atoms with Gasteiger partial charge in [0, 0.05) is 6.04 Å². The van der Waals surface area contributed by atoms with Gasteiger partial charge in [-0.25, -0.2) is 0 Å². The lowest BCUT2D eigenvalue weighted by atomic mass is 9.98. The Kier molecular flexibility index (Phi) is 6.80. The zero-order chi connectivity index (χ0) is 25.1. The van der Waals surface area contributed by atoms with Crippen molar-refractivity contribution in [3.8, 4) is 5.75 Å². The number of amides is 2. The largest absolute Gasteiger partial charge is 0.508 e. The van der Waals surface area contributed by atoms with Gasteiger partial charge in [-0.3, -0.25) is 14.5 Å². The molecule has 3 aromatic carbocycles. The fraction of sp³-hybridized carbons (Fsp3) is 0.310. The van der Waals surface area contributed by atoms with E-state index in [1.165, 1.54) is 4.90 Å². The molecule has 2 heterocycles. The first-order valence-electron chi connectivity index (χ1n) is 12.6. The van der Waals surface area contributed by atoms with Gasteiger partial charge >= 0.3 is 0 Å². The Morgan fingerprint density at radius 3 is 1.89 bits per heavy atom. The third-order valence-corrected chi connectivity index (χ3v) is 7.07. The molecule has 1 aromatic heterocycles. The minimum atomic E-state index is -0.189. The van der Waals surface area contributed by atoms with Crippen LogP contribution in [0.5, 0.6) is 5.75 Å². The summed E-state index contributed by atoms with van der Waals surface area (Å²) in [5.41, 5.74) is 3.88. The van der Waals surface area contributed by atoms with Gasteiger partial charge in [0.05, 0.1) is 17.2 Å². The van der Waals surface area contributed by atoms with Crippen molar-refractivity contribution < 1.29 is 14.7 Å². The fourth-order valence-electron chi connectivity index (χ4n) is 5.06. The lowest BCUT2D eigenvalue weighted by Crippen LogP contribution is -2.39. The predicted octanol–water partition coefficient (Wildman–Crippen LogP) is 5.56. The molecule has 5 rings (SSSR count). The highest BCUT2D eigenvalue weighted by Gasteiger charge is 2.38. The lowest BCUT2D eigenvalue weighted by molar-refractivity contribution is 0.0568. The second-order valence-corrected chi connectivity index (χ2v) is 9.39. The molecule has 0 spiro atoms. The van der Waals surface area contributed by atoms with Gasteiger partial charge < -0.3 is 5.11 Å². The van der Waals surface area contributed by atoms with Crippen molar-refractivity contribution in [2.45, 2.75) is 57.5 Å². The summed E-state index contributed by atoms with van der Waals surface area (Å²) in [5.74, 6) is -0.119. The van der Waals surface area contributed by atoms with Gasteiger partial charge in [0.2, 0.25) is 0 Å². The topological polar surface area (TPSA) is 88.3 Å². The maximum Gasteiger partial charge on any atom is 0.261 e. The number of aromatic nitrogens is 3. The van der Waals surface area contributed by atoms with Crippen LogP contribution in [0, 0.1) is 0 Å². The van der Waals surface area contributed by atoms with Crippen molar-refractivity contribution in [2.75, 3.05) is 0 Å². The summed E-state index contributed by atoms with van der Waals surface area (Å²) in [6, 6.07) is 22.1. The van der Waals surface area contributed by atoms with Crippen LogP contribution < -0.4 is 0 Å². The summed E-state index contributed by atoms with van der Waals surface area (Å²) < 4.78 is 0. The van der Waals surface area contributed by atoms with E-state index >= 15 is 0 Å². The average molecular weight is 483 g/mol. The minimum absolute atomic E-state index is 0.0749. The predicted molar refractivity (Wildman–Crippen MR) is 138 cm³/mol. The highest BCUT2D eigenvalue weighted by atomic mass is 16.3. The molecule has 1 aliphatic heterocycles. The minimum Gasteiger partial charge on any atom is -0.508 e. The van der Waals surface area contributed by atoms with Gasteiger partial charge in [0.25, 0.3) is 11.8 Å². The third-order valence-electron chi connectivity index (χ3n) is 7.07. The summed E-state index contributed by atoms with van der Waals surface area (Å²) in [4.78, 5) is 29.2. The molecular weight excluding hydrogens is 452 g/mol. The van der Waals surface area contributed by atoms with Crippen molar-refractivity contribution in [3.05, 3.63) is 89.5 Å². The van der Waals surface area contributed by atoms with Gasteiger partial charge in [-0.1, -0.05) is 43.3 Å². The van der Waals surface area contributed by atoms with Crippen LogP contribution in [0.1, 0.15) is 71.3 Å². The Balaban J connectivity index is 1.29. The number of hydrogen-bond acceptors (Lipinski definition) is 5. The maximum atomic E-state index is 13.0. The molecule has 36 heavy (non-hydrogen) atoms. The number of phenols is 1. The normalized spacial score (nSPS) is 14.9. The van der Waals surface area contributed by atoms with E-state index in [2.05, 4.69) is 0 Å². The van der Waals surface area contributed by atoms with E-state index in [-0.39, 0.29) is 29.6 Å². The summed E-state index contributed by atoms with van der Waals surface area (Å²) in [7, 11) is 0. The van der Waals surface area contributed by atoms with Crippen LogP contribution in [0.4, 0.5) is 0 Å². The fourth-order valence-corrected chi connectivity index (χ4v) is 5.06. The molecule has 184 valence electrons. The Morgan fingerprint density at radius 2 is 1.31 bits per heavy atom. The molecule has 0 saturated carbocycles. The van der Waals surface area contributed by atoms with Crippen LogP contribution in [0.3, 0.4) is 0 Å². The molecular formula is C29H30N4O3. The zero-order valence-corrected chi connectivity index (χ0v) is 20.4. The van der Waals surface area contributed by atoms with Crippen LogP contribution in [-0.4, -0.2) is 42.9 Å². The van der Waals surface area contributed by atoms with E-state index < -0.39 is 0 Å². The van der Waals surface area contributed by atoms with Gasteiger partial charge in [0.1, 0.15) is 16.8 Å². The first-order chi connectivity index (χ1) is 17.5. The lowest BCUT2D eigenvalue weighted by Gasteiger charge is -2.26. The molecule has 1 N–H and O–H groups in total. The van der Waals surface area contributed by atoms with Crippen molar-refractivity contribution in [1.29, 1.82) is 0 Å². The van der Waals surface area contributed by atoms with Crippen molar-refractivity contribution in [2.24, 2.45) is 0 Å². The molecule has 0 aliphatic carbocycles. The summed E-state index contributed by atoms with van der Waals surface area (Å²) in [6.45, 7) is 2.03. The standard InChI is InChI=1S/C29H30N4O3/c1-2-21(32-28(35)24-10-3-4-11-25(24)29(32)36)8-7-9-22(17-14-20-15-18-23(34)19-16-20)33-30-26-12-5-6-13-27(26)31-33/h3-6,10-13,15-16,18-19,21-22,34H,2,7-9,14,17H2,1H3. The molecule has 4 aromatic rings. The molecule has 0 bridgehead atoms. The first-order valence-corrected chi connectivity index (χ1v) is 12.6. The number of benzene rings is 3. The van der Waals surface area contributed by atoms with Crippen molar-refractivity contribution in [1.82, 2.24) is 19.9 Å². The Labute approximate surface area is 210 Å². The number of aryl methyl sites for hydroxylation is 1. The van der Waals surface area contributed by atoms with Crippen LogP contribution in [0.15, 0.2) is 72.8 Å². The molecule has 0 saturated heterocycles. The first kappa shape index (κ1) is 23.7. The van der Waals surface area contributed by atoms with Crippen LogP contribution >= 0.6 is 0 Å². The molecule has 2 atom stereocenters. The maximum absolute atomic E-state index is 13.0. The van der Waals surface area contributed by atoms with E-state index in [0.717, 1.165) is 48.7 Å². The molecule has 2 unspecified atom stereocenters. The number of rotatable bonds is 10. The monoisotopic (exact) mass is 482 g/mol. The highest BCUT2D eigenvalue weighted by molar-refractivity contribution is 6.21. The second-order valence-electron chi connectivity index (χ2n) is 9.39. The second kappa shape index (κ2) is 10.3. The number of aromatic hydroxyl groups is 1. The molecule has 0 radical (unpaired) electrons. The number of imide groups is 1. The Hall–Kier alpha value is -4.00. The molecule has 0 fully saturated rings. The van der Waals surface area contributed by atoms with Gasteiger partial charge in [-0.2, -0.15) is 15.0 Å². The average Bonchev–Trinajstić information content (AvgIpc) is 3.44. The number of carbonyl (C=O) groups excluding carboxylic acids is 2. The SMILES string of the molecule is CCC(CCCC(CCc1ccc(O)cc1)n1nc2ccccc2n1)N1C(=O)c2ccccc2C1=O. The highest BCUT2D eigenvalue weighted by Crippen LogP contribution is 2.29. The molecule has 1 aliphatic rings. The van der Waals surface area contributed by atoms with Crippen molar-refractivity contribution >= 4 is 22.8 Å². The number of nitrogens with zero attached hydrogens (tertiary/aromatic N) is 4. The van der Waals surface area contributed by atoms with E-state index in [1.807, 2.05) is 48.1 Å². The number of phenolic OH excluding ortho intramolecular Hbond substituents is 1. The molecule has 7 heteroatoms. The van der Waals surface area contributed by atoms with Gasteiger partial charge in [-0.15, -0.1) is 0 Å². The van der Waals surface area contributed by atoms with Crippen LogP contribution in [-0.2, 0) is 6.42 Å². The van der Waals surface area contributed by atoms with Crippen LogP contribution in [0.2, 0.25) is 0 Å². The summed E-state index contributed by atoms with van der Waals surface area (Å²) >= 11 is 0. The molecule has 2 amide bonds. The summed E-state index contributed by atoms with van der Waals surface area (Å²) in [5, 5.41) is 19.1. The third kappa shape index (κ3) is 4.73. The van der Waals surface area contributed by atoms with E-state index in [4.69, 9.17) is 10.2 Å². The molecule has 7 nitrogen and oxygen atoms in total. The van der Waals surface area contributed by atoms with Crippen molar-refractivity contribution in [3.63, 3.8) is 0 Å². The number of hydrogen-bond donors (Lipinski definition) is 1. The van der Waals surface area contributed by atoms with Gasteiger partial charge in [-0.05, 0) is 80.5 Å². The zero-order valence-electron chi connectivity index (χ0n) is 20.4. The van der Waals surface area contributed by atoms with Crippen LogP contribution in [0.25, 0.3) is 11.0 Å².